The average molecular weight is 333 g/mol. The zero-order valence-corrected chi connectivity index (χ0v) is 13.7. The standard InChI is InChI=1S/C20H19N3O2/c21-20(25)17-8-2-1-5-14(17)6-3-9-19(24)23-16-11-10-15-7-4-12-22-18(15)13-16/h1-2,4-5,7-8,10-13H,3,6,9H2,(H2,21,25)(H,23,24). The summed E-state index contributed by atoms with van der Waals surface area (Å²) in [6.45, 7) is 0. The number of hydrogen-bond donors (Lipinski definition) is 2. The van der Waals surface area contributed by atoms with Gasteiger partial charge in [-0.1, -0.05) is 30.3 Å². The zero-order valence-electron chi connectivity index (χ0n) is 13.7. The van der Waals surface area contributed by atoms with Crippen LogP contribution in [0, 0.1) is 0 Å². The number of nitrogens with two attached hydrogens (primary N) is 1. The van der Waals surface area contributed by atoms with Gasteiger partial charge in [0.2, 0.25) is 11.8 Å². The fourth-order valence-electron chi connectivity index (χ4n) is 2.79. The van der Waals surface area contributed by atoms with Crippen LogP contribution < -0.4 is 11.1 Å². The Morgan fingerprint density at radius 3 is 2.72 bits per heavy atom. The van der Waals surface area contributed by atoms with E-state index in [1.165, 1.54) is 0 Å². The molecule has 0 fully saturated rings. The van der Waals surface area contributed by atoms with Crippen molar-refractivity contribution in [2.24, 2.45) is 5.73 Å². The molecule has 5 heteroatoms. The molecular weight excluding hydrogens is 314 g/mol. The minimum Gasteiger partial charge on any atom is -0.366 e. The minimum absolute atomic E-state index is 0.0631. The summed E-state index contributed by atoms with van der Waals surface area (Å²) in [5, 5.41) is 3.92. The number of carbonyl (C=O) groups excluding carboxylic acids is 2. The maximum Gasteiger partial charge on any atom is 0.248 e. The summed E-state index contributed by atoms with van der Waals surface area (Å²) in [6.07, 6.45) is 3.37. The van der Waals surface area contributed by atoms with Crippen LogP contribution in [0.2, 0.25) is 0 Å². The molecular formula is C20H19N3O2. The van der Waals surface area contributed by atoms with Crippen LogP contribution in [0.15, 0.2) is 60.8 Å². The molecule has 126 valence electrons. The van der Waals surface area contributed by atoms with E-state index < -0.39 is 5.91 Å². The number of nitrogens with one attached hydrogen (secondary N) is 1. The first-order valence-electron chi connectivity index (χ1n) is 8.16. The van der Waals surface area contributed by atoms with Gasteiger partial charge in [0.05, 0.1) is 5.52 Å². The highest BCUT2D eigenvalue weighted by Gasteiger charge is 2.08. The van der Waals surface area contributed by atoms with Crippen LogP contribution in [0.4, 0.5) is 5.69 Å². The second-order valence-corrected chi connectivity index (χ2v) is 5.83. The normalized spacial score (nSPS) is 10.6. The molecule has 2 aromatic carbocycles. The fourth-order valence-corrected chi connectivity index (χ4v) is 2.79. The molecule has 0 aliphatic rings. The highest BCUT2D eigenvalue weighted by molar-refractivity contribution is 5.95. The van der Waals surface area contributed by atoms with Crippen LogP contribution in [0.25, 0.3) is 10.9 Å². The van der Waals surface area contributed by atoms with Gasteiger partial charge in [0.25, 0.3) is 0 Å². The first-order valence-corrected chi connectivity index (χ1v) is 8.16. The van der Waals surface area contributed by atoms with Gasteiger partial charge < -0.3 is 11.1 Å². The van der Waals surface area contributed by atoms with Crippen molar-refractivity contribution >= 4 is 28.4 Å². The van der Waals surface area contributed by atoms with E-state index in [-0.39, 0.29) is 5.91 Å². The third-order valence-electron chi connectivity index (χ3n) is 4.02. The van der Waals surface area contributed by atoms with Crippen LogP contribution in [0.3, 0.4) is 0 Å². The monoisotopic (exact) mass is 333 g/mol. The molecule has 0 saturated heterocycles. The molecule has 5 nitrogen and oxygen atoms in total. The SMILES string of the molecule is NC(=O)c1ccccc1CCCC(=O)Nc1ccc2cccnc2c1. The van der Waals surface area contributed by atoms with E-state index in [4.69, 9.17) is 5.73 Å². The number of pyridine rings is 1. The minimum atomic E-state index is -0.441. The van der Waals surface area contributed by atoms with E-state index in [1.807, 2.05) is 42.5 Å². The Bertz CT molecular complexity index is 921. The maximum atomic E-state index is 12.1. The van der Waals surface area contributed by atoms with Crippen molar-refractivity contribution in [2.45, 2.75) is 19.3 Å². The Morgan fingerprint density at radius 2 is 1.88 bits per heavy atom. The highest BCUT2D eigenvalue weighted by atomic mass is 16.1. The lowest BCUT2D eigenvalue weighted by atomic mass is 10.0. The smallest absolute Gasteiger partial charge is 0.248 e. The molecule has 1 heterocycles. The first kappa shape index (κ1) is 16.6. The number of aromatic nitrogens is 1. The topological polar surface area (TPSA) is 85.1 Å². The average Bonchev–Trinajstić information content (AvgIpc) is 2.62. The Hall–Kier alpha value is -3.21. The highest BCUT2D eigenvalue weighted by Crippen LogP contribution is 2.17. The summed E-state index contributed by atoms with van der Waals surface area (Å²) in [5.74, 6) is -0.504. The summed E-state index contributed by atoms with van der Waals surface area (Å²) in [6, 6.07) is 16.7. The van der Waals surface area contributed by atoms with E-state index in [1.54, 1.807) is 18.3 Å². The Balaban J connectivity index is 1.57. The van der Waals surface area contributed by atoms with Crippen LogP contribution in [-0.4, -0.2) is 16.8 Å². The van der Waals surface area contributed by atoms with Gasteiger partial charge in [0.15, 0.2) is 0 Å². The number of amides is 2. The Labute approximate surface area is 145 Å². The lowest BCUT2D eigenvalue weighted by molar-refractivity contribution is -0.116. The molecule has 0 unspecified atom stereocenters. The van der Waals surface area contributed by atoms with Crippen molar-refractivity contribution in [1.29, 1.82) is 0 Å². The summed E-state index contributed by atoms with van der Waals surface area (Å²) >= 11 is 0. The summed E-state index contributed by atoms with van der Waals surface area (Å²) in [5.41, 5.74) is 8.33. The van der Waals surface area contributed by atoms with Crippen LogP contribution in [0.5, 0.6) is 0 Å². The molecule has 1 aromatic heterocycles. The quantitative estimate of drug-likeness (QED) is 0.726. The van der Waals surface area contributed by atoms with E-state index in [0.29, 0.717) is 24.8 Å². The lowest BCUT2D eigenvalue weighted by Crippen LogP contribution is -2.14. The number of hydrogen-bond acceptors (Lipinski definition) is 3. The zero-order chi connectivity index (χ0) is 17.6. The number of anilines is 1. The van der Waals surface area contributed by atoms with Gasteiger partial charge in [-0.25, -0.2) is 0 Å². The summed E-state index contributed by atoms with van der Waals surface area (Å²) in [4.78, 5) is 27.8. The van der Waals surface area contributed by atoms with Gasteiger partial charge in [-0.3, -0.25) is 14.6 Å². The number of benzene rings is 2. The van der Waals surface area contributed by atoms with Gasteiger partial charge >= 0.3 is 0 Å². The molecule has 3 rings (SSSR count). The third kappa shape index (κ3) is 4.20. The van der Waals surface area contributed by atoms with Gasteiger partial charge in [0.1, 0.15) is 0 Å². The molecule has 0 radical (unpaired) electrons. The molecule has 0 atom stereocenters. The van der Waals surface area contributed by atoms with Crippen LogP contribution in [-0.2, 0) is 11.2 Å². The molecule has 2 amide bonds. The maximum absolute atomic E-state index is 12.1. The number of rotatable bonds is 6. The number of primary amides is 1. The number of aryl methyl sites for hydroxylation is 1. The fraction of sp³-hybridized carbons (Fsp3) is 0.150. The third-order valence-corrected chi connectivity index (χ3v) is 4.02. The predicted octanol–water partition coefficient (Wildman–Crippen LogP) is 3.30. The van der Waals surface area contributed by atoms with Crippen LogP contribution >= 0.6 is 0 Å². The first-order chi connectivity index (χ1) is 12.1. The van der Waals surface area contributed by atoms with Crippen molar-refractivity contribution in [1.82, 2.24) is 4.98 Å². The van der Waals surface area contributed by atoms with Gasteiger partial charge in [-0.2, -0.15) is 0 Å². The lowest BCUT2D eigenvalue weighted by Gasteiger charge is -2.08. The van der Waals surface area contributed by atoms with Crippen molar-refractivity contribution < 1.29 is 9.59 Å². The molecule has 0 spiro atoms. The number of fused-ring (bicyclic) bond motifs is 1. The molecule has 3 N–H and O–H groups in total. The molecule has 0 aliphatic carbocycles. The Morgan fingerprint density at radius 1 is 1.04 bits per heavy atom. The number of nitrogens with zero attached hydrogens (tertiary/aromatic N) is 1. The van der Waals surface area contributed by atoms with E-state index in [9.17, 15) is 9.59 Å². The van der Waals surface area contributed by atoms with Gasteiger partial charge in [-0.05, 0) is 42.7 Å². The van der Waals surface area contributed by atoms with Crippen molar-refractivity contribution in [3.05, 3.63) is 71.9 Å². The Kier molecular flexibility index (Phi) is 5.04. The predicted molar refractivity (Wildman–Crippen MR) is 98.3 cm³/mol. The van der Waals surface area contributed by atoms with Gasteiger partial charge in [0, 0.05) is 29.3 Å². The van der Waals surface area contributed by atoms with Crippen molar-refractivity contribution in [3.8, 4) is 0 Å². The number of carbonyl (C=O) groups is 2. The van der Waals surface area contributed by atoms with Crippen molar-refractivity contribution in [3.63, 3.8) is 0 Å². The molecule has 0 saturated carbocycles. The van der Waals surface area contributed by atoms with Crippen LogP contribution in [0.1, 0.15) is 28.8 Å². The van der Waals surface area contributed by atoms with E-state index >= 15 is 0 Å². The molecule has 25 heavy (non-hydrogen) atoms. The summed E-state index contributed by atoms with van der Waals surface area (Å²) < 4.78 is 0. The van der Waals surface area contributed by atoms with E-state index in [0.717, 1.165) is 22.2 Å². The molecule has 3 aromatic rings. The second kappa shape index (κ2) is 7.57. The van der Waals surface area contributed by atoms with Gasteiger partial charge in [-0.15, -0.1) is 0 Å². The molecule has 0 aliphatic heterocycles. The second-order valence-electron chi connectivity index (χ2n) is 5.83. The van der Waals surface area contributed by atoms with Crippen molar-refractivity contribution in [2.75, 3.05) is 5.32 Å². The largest absolute Gasteiger partial charge is 0.366 e. The molecule has 0 bridgehead atoms. The summed E-state index contributed by atoms with van der Waals surface area (Å²) in [7, 11) is 0. The van der Waals surface area contributed by atoms with E-state index in [2.05, 4.69) is 10.3 Å².